The Morgan fingerprint density at radius 1 is 0.563 bits per heavy atom. The number of guanidine groups is 1. The lowest BCUT2D eigenvalue weighted by atomic mass is 10.0. The summed E-state index contributed by atoms with van der Waals surface area (Å²) in [7, 11) is 0. The normalized spacial score (nSPS) is 20.5. The fraction of sp³-hybridized carbons (Fsp3) is 0.722. The van der Waals surface area contributed by atoms with E-state index in [1.807, 2.05) is 0 Å². The minimum atomic E-state index is -1.88. The summed E-state index contributed by atoms with van der Waals surface area (Å²) < 4.78 is 0. The number of nitrogens with zero attached hydrogens (tertiary/aromatic N) is 4. The number of likely N-dealkylation sites (tertiary alicyclic amines) is 3. The number of aliphatic hydroxyl groups excluding tert-OH is 1. The number of hydrogen-bond donors (Lipinski definition) is 15. The van der Waals surface area contributed by atoms with Gasteiger partial charge in [0.25, 0.3) is 0 Å². The number of carboxylic acids is 2. The summed E-state index contributed by atoms with van der Waals surface area (Å²) >= 11 is 0. The largest absolute Gasteiger partial charge is 0.481 e. The number of carbonyl (C=O) groups excluding carboxylic acids is 12. The molecule has 4 heterocycles. The Morgan fingerprint density at radius 2 is 1.10 bits per heavy atom. The summed E-state index contributed by atoms with van der Waals surface area (Å²) in [4.78, 5) is 193. The van der Waals surface area contributed by atoms with Gasteiger partial charge in [0.1, 0.15) is 60.4 Å². The van der Waals surface area contributed by atoms with Crippen molar-refractivity contribution in [3.05, 3.63) is 0 Å². The van der Waals surface area contributed by atoms with Crippen molar-refractivity contribution in [2.24, 2.45) is 28.3 Å². The molecule has 12 amide bonds. The minimum absolute atomic E-state index is 0.0375. The summed E-state index contributed by atoms with van der Waals surface area (Å²) in [5.41, 5.74) is 10.9. The lowest BCUT2D eigenvalue weighted by molar-refractivity contribution is -0.150. The first-order valence-corrected chi connectivity index (χ1v) is 29.5. The molecule has 0 unspecified atom stereocenters. The van der Waals surface area contributed by atoms with E-state index >= 15 is 0 Å². The molecule has 486 valence electrons. The lowest BCUT2D eigenvalue weighted by Gasteiger charge is -2.32. The highest BCUT2D eigenvalue weighted by Crippen LogP contribution is 2.26. The van der Waals surface area contributed by atoms with E-state index in [1.54, 1.807) is 27.7 Å². The SMILES string of the molecule is CC(C)C[C@H](NC(=O)[C@H](CC(=O)O)NC(=O)[C@H](CCCN=C(N)N)NC(=O)CNC(=O)[C@@H]1CCCN1C(=O)[C@@H]1CCCN1C(=O)[C@H](C)NC(=O)CNC(=O)[C@@H]1CCCN1)C(=O)N[C@@H](C)C(=O)N[C@@H](CO)C(=O)N[C@H](C(=O)N1CCC[C@H]1C(=O)O)C(C)C. The predicted octanol–water partition coefficient (Wildman–Crippen LogP) is -6.32. The molecule has 4 aliphatic rings. The van der Waals surface area contributed by atoms with Gasteiger partial charge in [0.2, 0.25) is 70.9 Å². The maximum atomic E-state index is 14.0. The van der Waals surface area contributed by atoms with Crippen LogP contribution in [0, 0.1) is 11.8 Å². The topological polar surface area (TPSA) is 494 Å². The molecule has 4 aliphatic heterocycles. The van der Waals surface area contributed by atoms with E-state index in [1.165, 1.54) is 23.6 Å². The number of aliphatic hydroxyl groups is 1. The third-order valence-electron chi connectivity index (χ3n) is 15.2. The van der Waals surface area contributed by atoms with Gasteiger partial charge in [0.15, 0.2) is 5.96 Å². The summed E-state index contributed by atoms with van der Waals surface area (Å²) in [5.74, 6) is -13.3. The molecule has 17 N–H and O–H groups in total. The highest BCUT2D eigenvalue weighted by Gasteiger charge is 2.44. The molecule has 0 spiro atoms. The van der Waals surface area contributed by atoms with E-state index in [-0.39, 0.29) is 89.0 Å². The Hall–Kier alpha value is -8.23. The third-order valence-corrected chi connectivity index (χ3v) is 15.2. The van der Waals surface area contributed by atoms with Crippen molar-refractivity contribution in [2.45, 2.75) is 185 Å². The number of nitrogens with two attached hydrogens (primary N) is 2. The number of hydrogen-bond acceptors (Lipinski definition) is 17. The Morgan fingerprint density at radius 3 is 1.68 bits per heavy atom. The Kier molecular flexibility index (Phi) is 28.0. The molecule has 33 heteroatoms. The van der Waals surface area contributed by atoms with Crippen LogP contribution in [0.2, 0.25) is 0 Å². The van der Waals surface area contributed by atoms with Gasteiger partial charge in [-0.05, 0) is 103 Å². The van der Waals surface area contributed by atoms with Gasteiger partial charge in [-0.2, -0.15) is 0 Å². The number of aliphatic imine (C=N–C) groups is 1. The molecule has 0 bridgehead atoms. The monoisotopic (exact) mass is 1230 g/mol. The number of carboxylic acid groups (broad SMARTS) is 2. The standard InChI is InChI=1S/C54H88N16O17/c1-27(2)22-33(46(79)62-29(5)43(76)66-35(26-71)48(81)67-42(28(3)4)52(85)70-21-11-16-38(70)53(86)87)64-47(80)34(23-41(74)75)65-45(78)32(13-8-18-58-54(55)56)63-40(73)25-60-49(82)36-14-9-19-68(36)51(84)37-15-10-20-69(37)50(83)30(6)61-39(72)24-59-44(77)31-12-7-17-57-31/h27-38,42,57,71H,7-26H2,1-6H3,(H,59,77)(H,60,82)(H,61,72)(H,62,79)(H,63,73)(H,64,80)(H,65,78)(H,66,76)(H,67,81)(H,74,75)(H,86,87)(H4,55,56,58)/t29-,30-,31-,32-,33-,34-,35-,36-,37-,38-,42-/m0/s1. The molecular formula is C54H88N16O17. The van der Waals surface area contributed by atoms with E-state index in [9.17, 15) is 82.4 Å². The number of nitrogens with one attached hydrogen (secondary N) is 10. The first-order chi connectivity index (χ1) is 41.0. The zero-order valence-corrected chi connectivity index (χ0v) is 50.1. The molecule has 0 radical (unpaired) electrons. The van der Waals surface area contributed by atoms with Gasteiger partial charge in [0.05, 0.1) is 32.2 Å². The summed E-state index contributed by atoms with van der Waals surface area (Å²) in [6.07, 6.45) is 2.22. The average Bonchev–Trinajstić information content (AvgIpc) is 4.13. The van der Waals surface area contributed by atoms with Gasteiger partial charge < -0.3 is 94.7 Å². The van der Waals surface area contributed by atoms with Crippen molar-refractivity contribution in [1.82, 2.24) is 67.9 Å². The number of aliphatic carboxylic acids is 2. The fourth-order valence-electron chi connectivity index (χ4n) is 10.6. The smallest absolute Gasteiger partial charge is 0.326 e. The first kappa shape index (κ1) is 71.3. The molecule has 0 saturated carbocycles. The summed E-state index contributed by atoms with van der Waals surface area (Å²) in [6.45, 7) is 8.41. The van der Waals surface area contributed by atoms with E-state index in [0.29, 0.717) is 32.2 Å². The molecule has 0 aromatic heterocycles. The summed E-state index contributed by atoms with van der Waals surface area (Å²) in [5, 5.41) is 54.6. The van der Waals surface area contributed by atoms with E-state index in [4.69, 9.17) is 11.5 Å². The van der Waals surface area contributed by atoms with Crippen LogP contribution in [0.4, 0.5) is 0 Å². The molecular weight excluding hydrogens is 1140 g/mol. The van der Waals surface area contributed by atoms with Gasteiger partial charge >= 0.3 is 11.9 Å². The van der Waals surface area contributed by atoms with Crippen LogP contribution in [0.5, 0.6) is 0 Å². The highest BCUT2D eigenvalue weighted by atomic mass is 16.4. The maximum Gasteiger partial charge on any atom is 0.326 e. The number of carbonyl (C=O) groups is 14. The van der Waals surface area contributed by atoms with E-state index < -0.39 is 169 Å². The molecule has 0 aromatic carbocycles. The number of amides is 12. The van der Waals surface area contributed by atoms with E-state index in [2.05, 4.69) is 58.2 Å². The second-order valence-electron chi connectivity index (χ2n) is 22.9. The molecule has 4 fully saturated rings. The molecule has 0 aromatic rings. The second-order valence-corrected chi connectivity index (χ2v) is 22.9. The van der Waals surface area contributed by atoms with Crippen LogP contribution >= 0.6 is 0 Å². The van der Waals surface area contributed by atoms with Gasteiger partial charge in [-0.1, -0.05) is 27.7 Å². The van der Waals surface area contributed by atoms with Gasteiger partial charge in [-0.25, -0.2) is 4.79 Å². The van der Waals surface area contributed by atoms with Crippen LogP contribution in [0.3, 0.4) is 0 Å². The van der Waals surface area contributed by atoms with Gasteiger partial charge in [-0.3, -0.25) is 67.3 Å². The zero-order valence-electron chi connectivity index (χ0n) is 50.1. The van der Waals surface area contributed by atoms with Crippen molar-refractivity contribution >= 4 is 88.8 Å². The Bertz CT molecular complexity index is 2560. The first-order valence-electron chi connectivity index (χ1n) is 29.5. The fourth-order valence-corrected chi connectivity index (χ4v) is 10.6. The van der Waals surface area contributed by atoms with Crippen LogP contribution < -0.4 is 64.6 Å². The van der Waals surface area contributed by atoms with Crippen molar-refractivity contribution in [3.8, 4) is 0 Å². The zero-order chi connectivity index (χ0) is 64.8. The van der Waals surface area contributed by atoms with Crippen LogP contribution in [-0.4, -0.2) is 238 Å². The predicted molar refractivity (Wildman–Crippen MR) is 307 cm³/mol. The van der Waals surface area contributed by atoms with E-state index in [0.717, 1.165) is 11.3 Å². The maximum absolute atomic E-state index is 14.0. The van der Waals surface area contributed by atoms with Gasteiger partial charge in [0, 0.05) is 26.2 Å². The lowest BCUT2D eigenvalue weighted by Crippen LogP contribution is -2.60. The van der Waals surface area contributed by atoms with Crippen molar-refractivity contribution < 1.29 is 82.4 Å². The average molecular weight is 1230 g/mol. The summed E-state index contributed by atoms with van der Waals surface area (Å²) in [6, 6.07) is -13.7. The number of rotatable bonds is 32. The molecule has 0 aliphatic carbocycles. The van der Waals surface area contributed by atoms with Gasteiger partial charge in [-0.15, -0.1) is 0 Å². The Balaban J connectivity index is 1.37. The molecule has 4 saturated heterocycles. The second kappa shape index (κ2) is 34.2. The van der Waals surface area contributed by atoms with Crippen LogP contribution in [0.25, 0.3) is 0 Å². The van der Waals surface area contributed by atoms with Crippen LogP contribution in [-0.2, 0) is 67.1 Å². The Labute approximate surface area is 503 Å². The van der Waals surface area contributed by atoms with Crippen molar-refractivity contribution in [2.75, 3.05) is 52.4 Å². The van der Waals surface area contributed by atoms with Crippen molar-refractivity contribution in [3.63, 3.8) is 0 Å². The third kappa shape index (κ3) is 21.6. The molecule has 4 rings (SSSR count). The van der Waals surface area contributed by atoms with Crippen LogP contribution in [0.15, 0.2) is 4.99 Å². The van der Waals surface area contributed by atoms with Crippen molar-refractivity contribution in [1.29, 1.82) is 0 Å². The van der Waals surface area contributed by atoms with Crippen LogP contribution in [0.1, 0.15) is 119 Å². The molecule has 11 atom stereocenters. The molecule has 87 heavy (non-hydrogen) atoms. The minimum Gasteiger partial charge on any atom is -0.481 e. The molecule has 33 nitrogen and oxygen atoms in total. The quantitative estimate of drug-likeness (QED) is 0.0169. The highest BCUT2D eigenvalue weighted by molar-refractivity contribution is 6.00.